The summed E-state index contributed by atoms with van der Waals surface area (Å²) in [5.41, 5.74) is 0.867. The summed E-state index contributed by atoms with van der Waals surface area (Å²) in [5, 5.41) is 0. The molecule has 1 aromatic rings. The Morgan fingerprint density at radius 1 is 1.24 bits per heavy atom. The summed E-state index contributed by atoms with van der Waals surface area (Å²) in [5.74, 6) is 0.265. The topological polar surface area (TPSA) is 63.4 Å². The Labute approximate surface area is 98.6 Å². The number of carbonyl (C=O) groups is 1. The van der Waals surface area contributed by atoms with Crippen LogP contribution in [0.2, 0.25) is 0 Å². The van der Waals surface area contributed by atoms with Gasteiger partial charge >= 0.3 is 5.97 Å². The minimum absolute atomic E-state index is 0.147. The maximum atomic E-state index is 11.5. The first-order valence-electron chi connectivity index (χ1n) is 5.07. The molecule has 0 N–H and O–H groups in total. The number of carbonyl (C=O) groups excluding carboxylic acids is 1. The van der Waals surface area contributed by atoms with Gasteiger partial charge in [-0.25, -0.2) is 19.8 Å². The van der Waals surface area contributed by atoms with Crippen LogP contribution in [0, 0.1) is 0 Å². The molecule has 0 spiro atoms. The fraction of sp³-hybridized carbons (Fsp3) is 0.167. The summed E-state index contributed by atoms with van der Waals surface area (Å²) in [4.78, 5) is 23.8. The molecule has 1 heterocycles. The molecule has 1 aromatic carbocycles. The molecule has 0 saturated carbocycles. The van der Waals surface area contributed by atoms with Crippen molar-refractivity contribution in [2.45, 2.75) is 6.92 Å². The fourth-order valence-corrected chi connectivity index (χ4v) is 1.38. The Morgan fingerprint density at radius 2 is 1.94 bits per heavy atom. The van der Waals surface area contributed by atoms with Crippen molar-refractivity contribution in [1.29, 1.82) is 0 Å². The predicted molar refractivity (Wildman–Crippen MR) is 66.1 cm³/mol. The molecule has 2 rings (SSSR count). The summed E-state index contributed by atoms with van der Waals surface area (Å²) >= 11 is 0. The van der Waals surface area contributed by atoms with Gasteiger partial charge in [-0.05, 0) is 19.1 Å². The van der Waals surface area contributed by atoms with Gasteiger partial charge in [-0.3, -0.25) is 0 Å². The van der Waals surface area contributed by atoms with E-state index >= 15 is 0 Å². The largest absolute Gasteiger partial charge is 0.464 e. The number of hydrogen-bond donors (Lipinski definition) is 0. The Morgan fingerprint density at radius 3 is 2.59 bits per heavy atom. The standard InChI is InChI=1S/C12H11N3O2/c1-8-13-10(12(16)17-2)11(14-8)15-9-6-4-3-5-7-9/h3-7H,1-2H3. The van der Waals surface area contributed by atoms with Gasteiger partial charge in [0.05, 0.1) is 12.8 Å². The first-order valence-corrected chi connectivity index (χ1v) is 5.07. The number of aliphatic imine (C=N–C) groups is 3. The van der Waals surface area contributed by atoms with Crippen molar-refractivity contribution in [2.24, 2.45) is 15.0 Å². The van der Waals surface area contributed by atoms with Gasteiger partial charge in [0.25, 0.3) is 0 Å². The highest BCUT2D eigenvalue weighted by Crippen LogP contribution is 2.13. The van der Waals surface area contributed by atoms with Gasteiger partial charge in [0.15, 0.2) is 11.5 Å². The van der Waals surface area contributed by atoms with E-state index in [1.54, 1.807) is 6.92 Å². The summed E-state index contributed by atoms with van der Waals surface area (Å²) in [6, 6.07) is 9.26. The number of amidine groups is 2. The molecule has 0 unspecified atom stereocenters. The average molecular weight is 229 g/mol. The van der Waals surface area contributed by atoms with Crippen molar-refractivity contribution < 1.29 is 9.53 Å². The summed E-state index contributed by atoms with van der Waals surface area (Å²) < 4.78 is 4.63. The SMILES string of the molecule is COC(=O)C1=NC(C)=NC1=Nc1ccccc1. The Balaban J connectivity index is 2.36. The number of ether oxygens (including phenoxy) is 1. The first kappa shape index (κ1) is 11.2. The second kappa shape index (κ2) is 4.69. The second-order valence-corrected chi connectivity index (χ2v) is 3.38. The molecule has 0 saturated heterocycles. The zero-order chi connectivity index (χ0) is 12.3. The number of nitrogens with zero attached hydrogens (tertiary/aromatic N) is 3. The highest BCUT2D eigenvalue weighted by Gasteiger charge is 2.23. The molecule has 0 atom stereocenters. The minimum atomic E-state index is -0.528. The van der Waals surface area contributed by atoms with E-state index in [4.69, 9.17) is 0 Å². The molecule has 1 aliphatic heterocycles. The van der Waals surface area contributed by atoms with E-state index < -0.39 is 5.97 Å². The molecule has 17 heavy (non-hydrogen) atoms. The third-order valence-electron chi connectivity index (χ3n) is 2.12. The molecule has 0 radical (unpaired) electrons. The van der Waals surface area contributed by atoms with E-state index in [0.29, 0.717) is 11.7 Å². The summed E-state index contributed by atoms with van der Waals surface area (Å²) in [6.45, 7) is 1.70. The van der Waals surface area contributed by atoms with Crippen LogP contribution in [0.1, 0.15) is 6.92 Å². The zero-order valence-corrected chi connectivity index (χ0v) is 9.54. The van der Waals surface area contributed by atoms with E-state index in [1.165, 1.54) is 7.11 Å². The van der Waals surface area contributed by atoms with Crippen molar-refractivity contribution in [3.8, 4) is 0 Å². The minimum Gasteiger partial charge on any atom is -0.464 e. The van der Waals surface area contributed by atoms with Gasteiger partial charge in [0, 0.05) is 0 Å². The molecule has 5 nitrogen and oxygen atoms in total. The first-order chi connectivity index (χ1) is 8.20. The van der Waals surface area contributed by atoms with Crippen LogP contribution in [0.15, 0.2) is 45.3 Å². The van der Waals surface area contributed by atoms with Gasteiger partial charge in [0.1, 0.15) is 5.84 Å². The lowest BCUT2D eigenvalue weighted by atomic mass is 10.3. The zero-order valence-electron chi connectivity index (χ0n) is 9.54. The molecular weight excluding hydrogens is 218 g/mol. The lowest BCUT2D eigenvalue weighted by Gasteiger charge is -1.98. The molecule has 0 fully saturated rings. The van der Waals surface area contributed by atoms with Crippen LogP contribution in [0.5, 0.6) is 0 Å². The third-order valence-corrected chi connectivity index (χ3v) is 2.12. The maximum absolute atomic E-state index is 11.5. The molecule has 86 valence electrons. The van der Waals surface area contributed by atoms with Crippen molar-refractivity contribution in [3.63, 3.8) is 0 Å². The van der Waals surface area contributed by atoms with Gasteiger partial charge in [-0.2, -0.15) is 0 Å². The van der Waals surface area contributed by atoms with E-state index in [0.717, 1.165) is 5.69 Å². The van der Waals surface area contributed by atoms with Crippen LogP contribution in [-0.2, 0) is 9.53 Å². The van der Waals surface area contributed by atoms with Gasteiger partial charge in [0.2, 0.25) is 0 Å². The monoisotopic (exact) mass is 229 g/mol. The molecule has 0 amide bonds. The van der Waals surface area contributed by atoms with Crippen LogP contribution >= 0.6 is 0 Å². The number of hydrogen-bond acceptors (Lipinski definition) is 4. The number of esters is 1. The van der Waals surface area contributed by atoms with Crippen LogP contribution in [0.3, 0.4) is 0 Å². The predicted octanol–water partition coefficient (Wildman–Crippen LogP) is 1.76. The van der Waals surface area contributed by atoms with Crippen LogP contribution in [0.25, 0.3) is 0 Å². The van der Waals surface area contributed by atoms with Crippen molar-refractivity contribution in [3.05, 3.63) is 30.3 Å². The highest BCUT2D eigenvalue weighted by atomic mass is 16.5. The van der Waals surface area contributed by atoms with E-state index in [9.17, 15) is 4.79 Å². The fourth-order valence-electron chi connectivity index (χ4n) is 1.38. The van der Waals surface area contributed by atoms with Gasteiger partial charge in [-0.1, -0.05) is 18.2 Å². The maximum Gasteiger partial charge on any atom is 0.360 e. The Kier molecular flexibility index (Phi) is 3.09. The van der Waals surface area contributed by atoms with Crippen molar-refractivity contribution in [1.82, 2.24) is 0 Å². The molecule has 0 aliphatic carbocycles. The lowest BCUT2D eigenvalue weighted by Crippen LogP contribution is -2.21. The van der Waals surface area contributed by atoms with E-state index in [1.807, 2.05) is 30.3 Å². The number of methoxy groups -OCH3 is 1. The highest BCUT2D eigenvalue weighted by molar-refractivity contribution is 6.68. The molecule has 5 heteroatoms. The quantitative estimate of drug-likeness (QED) is 0.725. The molecular formula is C12H11N3O2. The van der Waals surface area contributed by atoms with E-state index in [2.05, 4.69) is 19.7 Å². The van der Waals surface area contributed by atoms with Crippen LogP contribution in [0.4, 0.5) is 5.69 Å². The van der Waals surface area contributed by atoms with Crippen molar-refractivity contribution >= 4 is 29.0 Å². The number of benzene rings is 1. The van der Waals surface area contributed by atoms with Crippen LogP contribution in [-0.4, -0.2) is 30.5 Å². The molecule has 0 bridgehead atoms. The van der Waals surface area contributed by atoms with Crippen molar-refractivity contribution in [2.75, 3.05) is 7.11 Å². The molecule has 0 aromatic heterocycles. The van der Waals surface area contributed by atoms with Crippen LogP contribution < -0.4 is 0 Å². The lowest BCUT2D eigenvalue weighted by molar-refractivity contribution is -0.132. The Hall–Kier alpha value is -2.30. The second-order valence-electron chi connectivity index (χ2n) is 3.38. The van der Waals surface area contributed by atoms with Gasteiger partial charge < -0.3 is 4.74 Å². The Bertz CT molecular complexity index is 530. The van der Waals surface area contributed by atoms with E-state index in [-0.39, 0.29) is 5.71 Å². The number of para-hydroxylation sites is 1. The smallest absolute Gasteiger partial charge is 0.360 e. The third kappa shape index (κ3) is 2.44. The molecule has 1 aliphatic rings. The van der Waals surface area contributed by atoms with Gasteiger partial charge in [-0.15, -0.1) is 0 Å². The summed E-state index contributed by atoms with van der Waals surface area (Å²) in [7, 11) is 1.30. The average Bonchev–Trinajstić information content (AvgIpc) is 2.70. The normalized spacial score (nSPS) is 16.7. The summed E-state index contributed by atoms with van der Waals surface area (Å²) in [6.07, 6.45) is 0. The number of rotatable bonds is 2.